The molecule has 1 fully saturated rings. The number of carbonyl (C=O) groups excluding carboxylic acids is 1. The number of aromatic nitrogens is 1. The predicted octanol–water partition coefficient (Wildman–Crippen LogP) is 0.810. The van der Waals surface area contributed by atoms with E-state index in [1.807, 2.05) is 13.1 Å². The van der Waals surface area contributed by atoms with Crippen molar-refractivity contribution in [3.05, 3.63) is 62.6 Å². The molecule has 2 heterocycles. The standard InChI is InChI=1S/C23H27N3O4/c1-25(2)21(29)16-8-14-11-23(30)19-9-13-4-5-15(27)10-17(13)22(23,6-7-26(19)3)12-18(14)24-20(16)28/h4-5,8,10,19,27,30H,6-7,9,11-12H2,1-3H3,(H,24,28)/t19-,22?,23-/m1/s1. The molecule has 1 saturated heterocycles. The molecule has 3 N–H and O–H groups in total. The van der Waals surface area contributed by atoms with Gasteiger partial charge in [0.05, 0.1) is 5.60 Å². The van der Waals surface area contributed by atoms with Gasteiger partial charge in [0, 0.05) is 44.1 Å². The lowest BCUT2D eigenvalue weighted by Gasteiger charge is -2.63. The van der Waals surface area contributed by atoms with E-state index < -0.39 is 16.6 Å². The number of hydrogen-bond acceptors (Lipinski definition) is 5. The van der Waals surface area contributed by atoms with Gasteiger partial charge in [0.1, 0.15) is 11.3 Å². The van der Waals surface area contributed by atoms with Crippen molar-refractivity contribution in [2.24, 2.45) is 0 Å². The van der Waals surface area contributed by atoms with E-state index in [-0.39, 0.29) is 23.3 Å². The molecule has 1 unspecified atom stereocenters. The van der Waals surface area contributed by atoms with Crippen LogP contribution >= 0.6 is 0 Å². The highest BCUT2D eigenvalue weighted by molar-refractivity contribution is 5.93. The number of benzene rings is 1. The number of rotatable bonds is 1. The molecule has 2 bridgehead atoms. The smallest absolute Gasteiger partial charge is 0.261 e. The Hall–Kier alpha value is -2.64. The van der Waals surface area contributed by atoms with Crippen LogP contribution in [-0.2, 0) is 24.7 Å². The monoisotopic (exact) mass is 409 g/mol. The fourth-order valence-corrected chi connectivity index (χ4v) is 6.05. The van der Waals surface area contributed by atoms with Crippen LogP contribution in [0, 0.1) is 0 Å². The van der Waals surface area contributed by atoms with Crippen LogP contribution < -0.4 is 5.56 Å². The summed E-state index contributed by atoms with van der Waals surface area (Å²) in [5.41, 5.74) is 1.79. The second-order valence-corrected chi connectivity index (χ2v) is 9.37. The molecule has 5 rings (SSSR count). The van der Waals surface area contributed by atoms with Gasteiger partial charge in [0.15, 0.2) is 0 Å². The number of likely N-dealkylation sites (N-methyl/N-ethyl adjacent to an activating group) is 1. The summed E-state index contributed by atoms with van der Waals surface area (Å²) in [6, 6.07) is 7.03. The van der Waals surface area contributed by atoms with Crippen LogP contribution in [0.3, 0.4) is 0 Å². The number of hydrogen-bond donors (Lipinski definition) is 3. The minimum Gasteiger partial charge on any atom is -0.508 e. The number of piperidine rings is 1. The maximum absolute atomic E-state index is 12.7. The van der Waals surface area contributed by atoms with E-state index in [1.54, 1.807) is 32.3 Å². The van der Waals surface area contributed by atoms with Gasteiger partial charge >= 0.3 is 0 Å². The molecule has 3 aliphatic rings. The highest BCUT2D eigenvalue weighted by Crippen LogP contribution is 2.56. The van der Waals surface area contributed by atoms with Crippen molar-refractivity contribution in [2.45, 2.75) is 42.7 Å². The third kappa shape index (κ3) is 2.39. The van der Waals surface area contributed by atoms with Gasteiger partial charge in [-0.3, -0.25) is 9.59 Å². The number of amides is 1. The lowest BCUT2D eigenvalue weighted by molar-refractivity contribution is -0.145. The maximum atomic E-state index is 12.7. The number of carbonyl (C=O) groups is 1. The van der Waals surface area contributed by atoms with E-state index in [2.05, 4.69) is 9.88 Å². The summed E-state index contributed by atoms with van der Waals surface area (Å²) >= 11 is 0. The molecule has 0 spiro atoms. The molecule has 1 amide bonds. The van der Waals surface area contributed by atoms with E-state index >= 15 is 0 Å². The fraction of sp³-hybridized carbons (Fsp3) is 0.478. The Kier molecular flexibility index (Phi) is 3.98. The lowest BCUT2D eigenvalue weighted by atomic mass is 9.49. The third-order valence-corrected chi connectivity index (χ3v) is 7.62. The molecule has 2 aliphatic carbocycles. The summed E-state index contributed by atoms with van der Waals surface area (Å²) in [6.45, 7) is 0.832. The van der Waals surface area contributed by atoms with Crippen molar-refractivity contribution >= 4 is 5.91 Å². The zero-order valence-electron chi connectivity index (χ0n) is 17.5. The van der Waals surface area contributed by atoms with E-state index in [9.17, 15) is 19.8 Å². The van der Waals surface area contributed by atoms with Gasteiger partial charge < -0.3 is 25.0 Å². The molecule has 7 heteroatoms. The molecule has 0 radical (unpaired) electrons. The summed E-state index contributed by atoms with van der Waals surface area (Å²) in [5.74, 6) is -0.156. The Bertz CT molecular complexity index is 1120. The van der Waals surface area contributed by atoms with Crippen LogP contribution in [0.25, 0.3) is 0 Å². The quantitative estimate of drug-likeness (QED) is 0.648. The van der Waals surface area contributed by atoms with Crippen LogP contribution in [0.5, 0.6) is 5.75 Å². The number of likely N-dealkylation sites (tertiary alicyclic amines) is 1. The predicted molar refractivity (Wildman–Crippen MR) is 112 cm³/mol. The number of H-pyrrole nitrogens is 1. The summed E-state index contributed by atoms with van der Waals surface area (Å²) in [6.07, 6.45) is 2.27. The first-order valence-electron chi connectivity index (χ1n) is 10.4. The zero-order valence-corrected chi connectivity index (χ0v) is 17.5. The number of nitrogens with zero attached hydrogens (tertiary/aromatic N) is 2. The van der Waals surface area contributed by atoms with E-state index in [0.717, 1.165) is 35.3 Å². The molecule has 158 valence electrons. The van der Waals surface area contributed by atoms with Crippen LogP contribution in [0.2, 0.25) is 0 Å². The molecular formula is C23H27N3O4. The second-order valence-electron chi connectivity index (χ2n) is 9.37. The average molecular weight is 409 g/mol. The Morgan fingerprint density at radius 3 is 2.73 bits per heavy atom. The van der Waals surface area contributed by atoms with Crippen molar-refractivity contribution in [1.82, 2.24) is 14.8 Å². The molecular weight excluding hydrogens is 382 g/mol. The summed E-state index contributed by atoms with van der Waals surface area (Å²) in [7, 11) is 5.28. The Balaban J connectivity index is 1.72. The number of fused-ring (bicyclic) bond motifs is 2. The van der Waals surface area contributed by atoms with Gasteiger partial charge in [-0.2, -0.15) is 0 Å². The average Bonchev–Trinajstić information content (AvgIpc) is 2.69. The number of phenols is 1. The molecule has 1 aromatic carbocycles. The molecule has 3 atom stereocenters. The van der Waals surface area contributed by atoms with Crippen molar-refractivity contribution in [3.63, 3.8) is 0 Å². The first kappa shape index (κ1) is 19.3. The van der Waals surface area contributed by atoms with Gasteiger partial charge in [-0.1, -0.05) is 6.07 Å². The number of aromatic hydroxyl groups is 1. The van der Waals surface area contributed by atoms with Gasteiger partial charge in [-0.05, 0) is 61.3 Å². The minimum absolute atomic E-state index is 0.0728. The Morgan fingerprint density at radius 1 is 1.23 bits per heavy atom. The van der Waals surface area contributed by atoms with Crippen molar-refractivity contribution in [2.75, 3.05) is 27.7 Å². The SMILES string of the molecule is CN(C)C(=O)c1cc2c([nH]c1=O)CC13CCN(C)[C@H](Cc4ccc(O)cc41)[C@]3(O)C2. The van der Waals surface area contributed by atoms with Gasteiger partial charge in [-0.25, -0.2) is 0 Å². The molecule has 2 aromatic rings. The second kappa shape index (κ2) is 6.18. The number of aliphatic hydroxyl groups is 1. The van der Waals surface area contributed by atoms with Crippen molar-refractivity contribution in [3.8, 4) is 5.75 Å². The number of nitrogens with one attached hydrogen (secondary N) is 1. The summed E-state index contributed by atoms with van der Waals surface area (Å²) in [5, 5.41) is 22.4. The Morgan fingerprint density at radius 2 is 2.00 bits per heavy atom. The first-order chi connectivity index (χ1) is 14.2. The number of pyridine rings is 1. The minimum atomic E-state index is -1.05. The summed E-state index contributed by atoms with van der Waals surface area (Å²) in [4.78, 5) is 31.7. The van der Waals surface area contributed by atoms with Gasteiger partial charge in [-0.15, -0.1) is 0 Å². The van der Waals surface area contributed by atoms with Gasteiger partial charge in [0.25, 0.3) is 11.5 Å². The van der Waals surface area contributed by atoms with Crippen LogP contribution in [0.15, 0.2) is 29.1 Å². The van der Waals surface area contributed by atoms with E-state index in [1.165, 1.54) is 4.90 Å². The van der Waals surface area contributed by atoms with Crippen molar-refractivity contribution in [1.29, 1.82) is 0 Å². The van der Waals surface area contributed by atoms with Crippen LogP contribution in [0.4, 0.5) is 0 Å². The van der Waals surface area contributed by atoms with E-state index in [4.69, 9.17) is 0 Å². The zero-order chi connectivity index (χ0) is 21.4. The van der Waals surface area contributed by atoms with Gasteiger partial charge in [0.2, 0.25) is 0 Å². The fourth-order valence-electron chi connectivity index (χ4n) is 6.05. The number of phenolic OH excluding ortho intramolecular Hbond substituents is 1. The molecule has 0 saturated carbocycles. The van der Waals surface area contributed by atoms with Crippen molar-refractivity contribution < 1.29 is 15.0 Å². The largest absolute Gasteiger partial charge is 0.508 e. The molecule has 30 heavy (non-hydrogen) atoms. The normalized spacial score (nSPS) is 29.5. The first-order valence-corrected chi connectivity index (χ1v) is 10.4. The lowest BCUT2D eigenvalue weighted by Crippen LogP contribution is -2.73. The molecule has 1 aliphatic heterocycles. The number of aromatic amines is 1. The van der Waals surface area contributed by atoms with Crippen LogP contribution in [0.1, 0.15) is 39.2 Å². The topological polar surface area (TPSA) is 96.9 Å². The van der Waals surface area contributed by atoms with E-state index in [0.29, 0.717) is 19.3 Å². The van der Waals surface area contributed by atoms with Crippen LogP contribution in [-0.4, -0.2) is 70.2 Å². The molecule has 1 aromatic heterocycles. The molecule has 7 nitrogen and oxygen atoms in total. The third-order valence-electron chi connectivity index (χ3n) is 7.62. The summed E-state index contributed by atoms with van der Waals surface area (Å²) < 4.78 is 0. The Labute approximate surface area is 175 Å². The maximum Gasteiger partial charge on any atom is 0.261 e. The highest BCUT2D eigenvalue weighted by atomic mass is 16.3. The highest BCUT2D eigenvalue weighted by Gasteiger charge is 2.64.